The topological polar surface area (TPSA) is 125 Å². The second-order valence-corrected chi connectivity index (χ2v) is 6.52. The molecule has 1 saturated heterocycles. The second-order valence-electron chi connectivity index (χ2n) is 6.52. The number of carbonyl (C=O) groups is 3. The second kappa shape index (κ2) is 7.87. The van der Waals surface area contributed by atoms with Crippen molar-refractivity contribution in [1.29, 1.82) is 0 Å². The van der Waals surface area contributed by atoms with Crippen LogP contribution in [-0.2, 0) is 19.1 Å². The van der Waals surface area contributed by atoms with Crippen LogP contribution in [0.4, 0.5) is 4.79 Å². The van der Waals surface area contributed by atoms with Gasteiger partial charge in [0.05, 0.1) is 13.2 Å². The smallest absolute Gasteiger partial charge is 0.410 e. The number of hydrogen-bond acceptors (Lipinski definition) is 6. The van der Waals surface area contributed by atoms with Crippen molar-refractivity contribution in [3.63, 3.8) is 0 Å². The van der Waals surface area contributed by atoms with Gasteiger partial charge in [-0.1, -0.05) is 5.11 Å². The molecule has 10 nitrogen and oxygen atoms in total. The molecule has 2 atom stereocenters. The number of ether oxygens (including phenoxy) is 2. The van der Waals surface area contributed by atoms with Crippen LogP contribution in [0.2, 0.25) is 0 Å². The molecule has 0 spiro atoms. The van der Waals surface area contributed by atoms with Crippen molar-refractivity contribution in [1.82, 2.24) is 9.80 Å². The molecule has 24 heavy (non-hydrogen) atoms. The summed E-state index contributed by atoms with van der Waals surface area (Å²) in [6.45, 7) is 5.01. The van der Waals surface area contributed by atoms with Crippen LogP contribution >= 0.6 is 0 Å². The molecule has 0 aromatic carbocycles. The van der Waals surface area contributed by atoms with Crippen LogP contribution in [0.5, 0.6) is 0 Å². The summed E-state index contributed by atoms with van der Waals surface area (Å²) in [5, 5.41) is 3.56. The number of methoxy groups -OCH3 is 1. The number of carbonyl (C=O) groups excluding carboxylic acids is 3. The van der Waals surface area contributed by atoms with E-state index in [1.54, 1.807) is 20.8 Å². The van der Waals surface area contributed by atoms with Crippen molar-refractivity contribution >= 4 is 18.0 Å². The van der Waals surface area contributed by atoms with E-state index in [-0.39, 0.29) is 19.5 Å². The predicted octanol–water partition coefficient (Wildman–Crippen LogP) is 1.31. The van der Waals surface area contributed by atoms with Crippen LogP contribution in [-0.4, -0.2) is 72.7 Å². The Kier molecular flexibility index (Phi) is 6.42. The highest BCUT2D eigenvalue weighted by molar-refractivity contribution is 5.88. The van der Waals surface area contributed by atoms with E-state index in [9.17, 15) is 14.4 Å². The molecular formula is C14H23N5O5. The van der Waals surface area contributed by atoms with Crippen molar-refractivity contribution in [2.75, 3.05) is 27.2 Å². The van der Waals surface area contributed by atoms with E-state index in [2.05, 4.69) is 14.8 Å². The van der Waals surface area contributed by atoms with E-state index in [0.29, 0.717) is 0 Å². The summed E-state index contributed by atoms with van der Waals surface area (Å²) >= 11 is 0. The minimum absolute atomic E-state index is 0.102. The fraction of sp³-hybridized carbons (Fsp3) is 0.786. The summed E-state index contributed by atoms with van der Waals surface area (Å²) in [4.78, 5) is 41.3. The lowest BCUT2D eigenvalue weighted by molar-refractivity contribution is -0.151. The van der Waals surface area contributed by atoms with Gasteiger partial charge in [-0.25, -0.2) is 9.59 Å². The number of amides is 2. The Morgan fingerprint density at radius 3 is 2.50 bits per heavy atom. The summed E-state index contributed by atoms with van der Waals surface area (Å²) < 4.78 is 9.86. The minimum atomic E-state index is -0.829. The monoisotopic (exact) mass is 341 g/mol. The predicted molar refractivity (Wildman–Crippen MR) is 83.9 cm³/mol. The van der Waals surface area contributed by atoms with Gasteiger partial charge in [0, 0.05) is 18.5 Å². The van der Waals surface area contributed by atoms with Gasteiger partial charge in [0.2, 0.25) is 5.91 Å². The normalized spacial score (nSPS) is 20.1. The molecule has 0 radical (unpaired) electrons. The zero-order chi connectivity index (χ0) is 18.5. The molecule has 2 amide bonds. The molecule has 0 N–H and O–H groups in total. The Morgan fingerprint density at radius 1 is 1.38 bits per heavy atom. The SMILES string of the molecule is COC(=O)[C@@H]1CC(N=[N+]=[N-])CN1C(=O)CN(C)C(=O)OC(C)(C)C. The first-order valence-corrected chi connectivity index (χ1v) is 7.44. The minimum Gasteiger partial charge on any atom is -0.467 e. The standard InChI is InChI=1S/C14H23N5O5/c1-14(2,3)24-13(22)18(4)8-11(20)19-7-9(16-17-15)6-10(19)12(21)23-5/h9-10H,6-8H2,1-5H3/t9?,10-/m0/s1. The number of rotatable bonds is 4. The van der Waals surface area contributed by atoms with Gasteiger partial charge >= 0.3 is 12.1 Å². The third kappa shape index (κ3) is 5.31. The van der Waals surface area contributed by atoms with Crippen LogP contribution < -0.4 is 0 Å². The maximum Gasteiger partial charge on any atom is 0.410 e. The molecular weight excluding hydrogens is 318 g/mol. The van der Waals surface area contributed by atoms with Gasteiger partial charge in [0.15, 0.2) is 0 Å². The van der Waals surface area contributed by atoms with Crippen molar-refractivity contribution in [3.8, 4) is 0 Å². The van der Waals surface area contributed by atoms with Gasteiger partial charge in [0.25, 0.3) is 0 Å². The highest BCUT2D eigenvalue weighted by atomic mass is 16.6. The molecule has 1 aliphatic rings. The maximum absolute atomic E-state index is 12.4. The number of azide groups is 1. The quantitative estimate of drug-likeness (QED) is 0.330. The van der Waals surface area contributed by atoms with E-state index in [4.69, 9.17) is 10.3 Å². The van der Waals surface area contributed by atoms with Crippen LogP contribution in [0.3, 0.4) is 0 Å². The average Bonchev–Trinajstić information content (AvgIpc) is 2.89. The largest absolute Gasteiger partial charge is 0.467 e. The summed E-state index contributed by atoms with van der Waals surface area (Å²) in [5.74, 6) is -1.03. The molecule has 0 aliphatic carbocycles. The Labute approximate surface area is 140 Å². The summed E-state index contributed by atoms with van der Waals surface area (Å²) in [5.41, 5.74) is 7.85. The van der Waals surface area contributed by atoms with Gasteiger partial charge in [-0.05, 0) is 32.7 Å². The molecule has 1 fully saturated rings. The number of hydrogen-bond donors (Lipinski definition) is 0. The molecule has 1 heterocycles. The van der Waals surface area contributed by atoms with E-state index < -0.39 is 35.7 Å². The highest BCUT2D eigenvalue weighted by Gasteiger charge is 2.40. The first kappa shape index (κ1) is 19.6. The lowest BCUT2D eigenvalue weighted by Gasteiger charge is -2.27. The number of likely N-dealkylation sites (N-methyl/N-ethyl adjacent to an activating group) is 1. The molecule has 0 aromatic heterocycles. The third-order valence-electron chi connectivity index (χ3n) is 3.37. The van der Waals surface area contributed by atoms with Crippen LogP contribution in [0.15, 0.2) is 5.11 Å². The molecule has 0 saturated carbocycles. The van der Waals surface area contributed by atoms with Gasteiger partial charge in [-0.3, -0.25) is 4.79 Å². The Morgan fingerprint density at radius 2 is 2.00 bits per heavy atom. The summed E-state index contributed by atoms with van der Waals surface area (Å²) in [6, 6.07) is -1.33. The summed E-state index contributed by atoms with van der Waals surface area (Å²) in [7, 11) is 2.65. The molecule has 1 unspecified atom stereocenters. The van der Waals surface area contributed by atoms with Gasteiger partial charge < -0.3 is 19.3 Å². The molecule has 0 aromatic rings. The third-order valence-corrected chi connectivity index (χ3v) is 3.37. The first-order valence-electron chi connectivity index (χ1n) is 7.44. The van der Waals surface area contributed by atoms with Crippen molar-refractivity contribution in [2.24, 2.45) is 5.11 Å². The molecule has 0 bridgehead atoms. The van der Waals surface area contributed by atoms with E-state index >= 15 is 0 Å². The fourth-order valence-electron chi connectivity index (χ4n) is 2.30. The lowest BCUT2D eigenvalue weighted by Crippen LogP contribution is -2.47. The van der Waals surface area contributed by atoms with Gasteiger partial charge in [-0.15, -0.1) is 0 Å². The Bertz CT molecular complexity index is 552. The van der Waals surface area contributed by atoms with Gasteiger partial charge in [0.1, 0.15) is 18.2 Å². The lowest BCUT2D eigenvalue weighted by atomic mass is 10.2. The van der Waals surface area contributed by atoms with Crippen molar-refractivity contribution < 1.29 is 23.9 Å². The zero-order valence-corrected chi connectivity index (χ0v) is 14.6. The van der Waals surface area contributed by atoms with E-state index in [1.165, 1.54) is 19.1 Å². The zero-order valence-electron chi connectivity index (χ0n) is 14.6. The van der Waals surface area contributed by atoms with E-state index in [1.807, 2.05) is 0 Å². The maximum atomic E-state index is 12.4. The highest BCUT2D eigenvalue weighted by Crippen LogP contribution is 2.22. The van der Waals surface area contributed by atoms with Crippen molar-refractivity contribution in [3.05, 3.63) is 10.4 Å². The van der Waals surface area contributed by atoms with Gasteiger partial charge in [-0.2, -0.15) is 0 Å². The number of esters is 1. The Balaban J connectivity index is 2.78. The molecule has 1 aliphatic heterocycles. The fourth-order valence-corrected chi connectivity index (χ4v) is 2.30. The number of nitrogens with zero attached hydrogens (tertiary/aromatic N) is 5. The average molecular weight is 341 g/mol. The first-order chi connectivity index (χ1) is 11.1. The number of likely N-dealkylation sites (tertiary alicyclic amines) is 1. The Hall–Kier alpha value is -2.48. The molecule has 1 rings (SSSR count). The van der Waals surface area contributed by atoms with Crippen LogP contribution in [0.1, 0.15) is 27.2 Å². The molecule has 10 heteroatoms. The summed E-state index contributed by atoms with van der Waals surface area (Å²) in [6.07, 6.45) is -0.449. The van der Waals surface area contributed by atoms with Crippen LogP contribution in [0.25, 0.3) is 10.4 Å². The van der Waals surface area contributed by atoms with Crippen LogP contribution in [0, 0.1) is 0 Å². The van der Waals surface area contributed by atoms with Crippen molar-refractivity contribution in [2.45, 2.75) is 44.9 Å². The molecule has 134 valence electrons. The van der Waals surface area contributed by atoms with E-state index in [0.717, 1.165) is 4.90 Å².